The molecule has 1 amide bonds. The smallest absolute Gasteiger partial charge is 0.255 e. The molecule has 0 atom stereocenters. The van der Waals surface area contributed by atoms with Crippen LogP contribution in [-0.4, -0.2) is 80.0 Å². The molecule has 0 bridgehead atoms. The summed E-state index contributed by atoms with van der Waals surface area (Å²) in [6, 6.07) is 10.2. The van der Waals surface area contributed by atoms with Gasteiger partial charge in [0.2, 0.25) is 5.88 Å². The van der Waals surface area contributed by atoms with Gasteiger partial charge >= 0.3 is 0 Å². The monoisotopic (exact) mass is 551 g/mol. The molecular weight excluding hydrogens is 518 g/mol. The fourth-order valence-corrected chi connectivity index (χ4v) is 5.24. The number of piperazine rings is 1. The number of nitrogens with one attached hydrogen (secondary N) is 1. The van der Waals surface area contributed by atoms with Crippen LogP contribution >= 0.6 is 0 Å². The molecule has 0 spiro atoms. The molecule has 5 aromatic heterocycles. The molecule has 1 aliphatic rings. The molecule has 5 aromatic rings. The number of carbonyl (C=O) groups is 1. The molecule has 41 heavy (non-hydrogen) atoms. The van der Waals surface area contributed by atoms with Crippen molar-refractivity contribution in [2.75, 3.05) is 44.7 Å². The van der Waals surface area contributed by atoms with Crippen LogP contribution in [0.15, 0.2) is 67.5 Å². The van der Waals surface area contributed by atoms with Gasteiger partial charge in [0.05, 0.1) is 30.6 Å². The summed E-state index contributed by atoms with van der Waals surface area (Å²) in [6.45, 7) is 6.97. The van der Waals surface area contributed by atoms with E-state index in [1.54, 1.807) is 22.5 Å². The third-order valence-corrected chi connectivity index (χ3v) is 7.40. The van der Waals surface area contributed by atoms with Crippen molar-refractivity contribution in [1.29, 1.82) is 0 Å². The zero-order valence-corrected chi connectivity index (χ0v) is 23.5. The summed E-state index contributed by atoms with van der Waals surface area (Å²) in [4.78, 5) is 26.8. The number of anilines is 1. The van der Waals surface area contributed by atoms with Crippen LogP contribution in [0.2, 0.25) is 0 Å². The number of fused-ring (bicyclic) bond motifs is 1. The SMILES string of the molecule is CCNC(=O)c1cnn2cc(-c3cnn(C)c3)cc(-c3ccc(N4CCN(Cc5ccc(OC)nc5)CC4)nc3)c12. The van der Waals surface area contributed by atoms with Gasteiger partial charge in [0.1, 0.15) is 5.82 Å². The first kappa shape index (κ1) is 26.5. The Labute approximate surface area is 238 Å². The molecule has 0 aliphatic carbocycles. The summed E-state index contributed by atoms with van der Waals surface area (Å²) >= 11 is 0. The van der Waals surface area contributed by atoms with Gasteiger partial charge in [-0.05, 0) is 30.7 Å². The third-order valence-electron chi connectivity index (χ3n) is 7.40. The zero-order chi connectivity index (χ0) is 28.3. The van der Waals surface area contributed by atoms with Gasteiger partial charge in [-0.1, -0.05) is 6.07 Å². The molecule has 210 valence electrons. The van der Waals surface area contributed by atoms with Gasteiger partial charge < -0.3 is 15.0 Å². The molecule has 0 aromatic carbocycles. The van der Waals surface area contributed by atoms with Gasteiger partial charge in [-0.2, -0.15) is 10.2 Å². The highest BCUT2D eigenvalue weighted by Crippen LogP contribution is 2.32. The summed E-state index contributed by atoms with van der Waals surface area (Å²) in [6.07, 6.45) is 11.1. The lowest BCUT2D eigenvalue weighted by atomic mass is 10.0. The van der Waals surface area contributed by atoms with Crippen molar-refractivity contribution < 1.29 is 9.53 Å². The molecule has 6 heterocycles. The number of methoxy groups -OCH3 is 1. The van der Waals surface area contributed by atoms with Gasteiger partial charge in [-0.25, -0.2) is 14.5 Å². The number of hydrogen-bond donors (Lipinski definition) is 1. The predicted molar refractivity (Wildman–Crippen MR) is 157 cm³/mol. The second kappa shape index (κ2) is 11.4. The third kappa shape index (κ3) is 5.48. The zero-order valence-electron chi connectivity index (χ0n) is 23.5. The van der Waals surface area contributed by atoms with Crippen LogP contribution in [0.1, 0.15) is 22.8 Å². The Bertz CT molecular complexity index is 1650. The number of amides is 1. The van der Waals surface area contributed by atoms with Crippen LogP contribution in [0.5, 0.6) is 5.88 Å². The van der Waals surface area contributed by atoms with Gasteiger partial charge in [0, 0.05) is 99.4 Å². The molecule has 1 saturated heterocycles. The van der Waals surface area contributed by atoms with E-state index < -0.39 is 0 Å². The maximum Gasteiger partial charge on any atom is 0.255 e. The molecule has 0 saturated carbocycles. The number of hydrogen-bond acceptors (Lipinski definition) is 8. The van der Waals surface area contributed by atoms with E-state index in [4.69, 9.17) is 9.72 Å². The largest absolute Gasteiger partial charge is 0.481 e. The van der Waals surface area contributed by atoms with Crippen molar-refractivity contribution in [2.24, 2.45) is 7.05 Å². The first-order valence-electron chi connectivity index (χ1n) is 13.7. The molecule has 1 fully saturated rings. The number of aryl methyl sites for hydroxylation is 1. The molecular formula is C30H33N9O2. The van der Waals surface area contributed by atoms with Gasteiger partial charge in [-0.3, -0.25) is 14.4 Å². The van der Waals surface area contributed by atoms with Crippen molar-refractivity contribution in [1.82, 2.24) is 39.6 Å². The normalized spacial score (nSPS) is 14.0. The summed E-state index contributed by atoms with van der Waals surface area (Å²) < 4.78 is 8.71. The molecule has 0 unspecified atom stereocenters. The predicted octanol–water partition coefficient (Wildman–Crippen LogP) is 3.27. The van der Waals surface area contributed by atoms with Gasteiger partial charge in [0.15, 0.2) is 0 Å². The summed E-state index contributed by atoms with van der Waals surface area (Å²) in [7, 11) is 3.52. The van der Waals surface area contributed by atoms with Crippen LogP contribution in [0.4, 0.5) is 5.82 Å². The van der Waals surface area contributed by atoms with Crippen LogP contribution in [0.3, 0.4) is 0 Å². The Morgan fingerprint density at radius 2 is 1.78 bits per heavy atom. The van der Waals surface area contributed by atoms with Crippen LogP contribution in [-0.2, 0) is 13.6 Å². The molecule has 0 radical (unpaired) electrons. The minimum Gasteiger partial charge on any atom is -0.481 e. The first-order chi connectivity index (χ1) is 20.0. The van der Waals surface area contributed by atoms with E-state index in [-0.39, 0.29) is 5.91 Å². The second-order valence-electron chi connectivity index (χ2n) is 10.1. The van der Waals surface area contributed by atoms with Gasteiger partial charge in [-0.15, -0.1) is 0 Å². The van der Waals surface area contributed by atoms with Crippen LogP contribution in [0, 0.1) is 0 Å². The fraction of sp³-hybridized carbons (Fsp3) is 0.300. The van der Waals surface area contributed by atoms with Crippen LogP contribution in [0.25, 0.3) is 27.8 Å². The van der Waals surface area contributed by atoms with E-state index in [2.05, 4.69) is 54.6 Å². The van der Waals surface area contributed by atoms with Crippen molar-refractivity contribution in [3.05, 3.63) is 78.6 Å². The van der Waals surface area contributed by atoms with Crippen molar-refractivity contribution in [3.8, 4) is 28.1 Å². The Kier molecular flexibility index (Phi) is 7.34. The Morgan fingerprint density at radius 1 is 0.927 bits per heavy atom. The van der Waals surface area contributed by atoms with Gasteiger partial charge in [0.25, 0.3) is 5.91 Å². The van der Waals surface area contributed by atoms with E-state index in [0.29, 0.717) is 18.0 Å². The quantitative estimate of drug-likeness (QED) is 0.313. The number of ether oxygens (including phenoxy) is 1. The first-order valence-corrected chi connectivity index (χ1v) is 13.7. The van der Waals surface area contributed by atoms with Crippen molar-refractivity contribution in [3.63, 3.8) is 0 Å². The van der Waals surface area contributed by atoms with E-state index in [1.807, 2.05) is 51.0 Å². The number of aromatic nitrogens is 6. The highest BCUT2D eigenvalue weighted by atomic mass is 16.5. The number of pyridine rings is 3. The lowest BCUT2D eigenvalue weighted by Gasteiger charge is -2.35. The fourth-order valence-electron chi connectivity index (χ4n) is 5.24. The van der Waals surface area contributed by atoms with E-state index >= 15 is 0 Å². The maximum absolute atomic E-state index is 12.9. The topological polar surface area (TPSA) is 106 Å². The van der Waals surface area contributed by atoms with E-state index in [1.165, 1.54) is 5.56 Å². The van der Waals surface area contributed by atoms with E-state index in [9.17, 15) is 4.79 Å². The highest BCUT2D eigenvalue weighted by molar-refractivity contribution is 6.05. The Balaban J connectivity index is 1.24. The standard InChI is InChI=1S/C30H33N9O2/c1-4-31-30(40)26-17-35-39-20-23(24-16-34-36(2)19-24)13-25(29(26)39)22-6-7-27(32-15-22)38-11-9-37(10-12-38)18-21-5-8-28(41-3)33-14-21/h5-8,13-17,19-20H,4,9-12,18H2,1-3H3,(H,31,40). The Morgan fingerprint density at radius 3 is 2.44 bits per heavy atom. The molecule has 6 rings (SSSR count). The second-order valence-corrected chi connectivity index (χ2v) is 10.1. The van der Waals surface area contributed by atoms with Crippen molar-refractivity contribution in [2.45, 2.75) is 13.5 Å². The molecule has 11 nitrogen and oxygen atoms in total. The van der Waals surface area contributed by atoms with Crippen molar-refractivity contribution >= 4 is 17.2 Å². The average Bonchev–Trinajstić information content (AvgIpc) is 3.64. The van der Waals surface area contributed by atoms with E-state index in [0.717, 1.165) is 66.3 Å². The minimum atomic E-state index is -0.147. The summed E-state index contributed by atoms with van der Waals surface area (Å²) in [5, 5.41) is 11.8. The summed E-state index contributed by atoms with van der Waals surface area (Å²) in [5.74, 6) is 1.42. The average molecular weight is 552 g/mol. The lowest BCUT2D eigenvalue weighted by Crippen LogP contribution is -2.46. The number of carbonyl (C=O) groups excluding carboxylic acids is 1. The number of nitrogens with zero attached hydrogens (tertiary/aromatic N) is 8. The molecule has 11 heteroatoms. The van der Waals surface area contributed by atoms with Crippen LogP contribution < -0.4 is 15.0 Å². The maximum atomic E-state index is 12.9. The molecule has 1 aliphatic heterocycles. The Hall–Kier alpha value is -4.77. The molecule has 1 N–H and O–H groups in total. The number of rotatable bonds is 8. The lowest BCUT2D eigenvalue weighted by molar-refractivity contribution is 0.0957. The highest BCUT2D eigenvalue weighted by Gasteiger charge is 2.21. The summed E-state index contributed by atoms with van der Waals surface area (Å²) in [5.41, 5.74) is 6.19. The minimum absolute atomic E-state index is 0.147.